The molecule has 1 atom stereocenters. The maximum atomic E-state index is 11.9. The van der Waals surface area contributed by atoms with E-state index in [0.717, 1.165) is 0 Å². The van der Waals surface area contributed by atoms with Crippen molar-refractivity contribution in [3.63, 3.8) is 0 Å². The molecule has 1 amide bonds. The number of nitrogens with one attached hydrogen (secondary N) is 1. The van der Waals surface area contributed by atoms with Crippen LogP contribution in [0.25, 0.3) is 0 Å². The minimum Gasteiger partial charge on any atom is -0.396 e. The van der Waals surface area contributed by atoms with Gasteiger partial charge in [-0.1, -0.05) is 6.92 Å². The highest BCUT2D eigenvalue weighted by Crippen LogP contribution is 2.11. The molecule has 0 aliphatic carbocycles. The van der Waals surface area contributed by atoms with Crippen molar-refractivity contribution in [1.29, 1.82) is 0 Å². The Balaban J connectivity index is 2.69. The van der Waals surface area contributed by atoms with E-state index in [1.165, 1.54) is 6.20 Å². The molecule has 3 N–H and O–H groups in total. The van der Waals surface area contributed by atoms with Crippen molar-refractivity contribution in [3.8, 4) is 0 Å². The van der Waals surface area contributed by atoms with Crippen LogP contribution in [0.2, 0.25) is 0 Å². The fourth-order valence-electron chi connectivity index (χ4n) is 1.29. The SMILES string of the molecule is CCn1ncc(N)c1C(=O)NCC(C)SC. The molecular weight excluding hydrogens is 224 g/mol. The van der Waals surface area contributed by atoms with E-state index in [1.54, 1.807) is 16.4 Å². The molecule has 1 unspecified atom stereocenters. The molecule has 1 aromatic rings. The molecule has 0 spiro atoms. The van der Waals surface area contributed by atoms with Crippen molar-refractivity contribution in [2.75, 3.05) is 18.5 Å². The van der Waals surface area contributed by atoms with Crippen LogP contribution in [0.3, 0.4) is 0 Å². The first kappa shape index (κ1) is 12.9. The van der Waals surface area contributed by atoms with Gasteiger partial charge in [0.2, 0.25) is 0 Å². The van der Waals surface area contributed by atoms with Gasteiger partial charge in [-0.05, 0) is 13.2 Å². The van der Waals surface area contributed by atoms with Gasteiger partial charge in [0.15, 0.2) is 0 Å². The lowest BCUT2D eigenvalue weighted by molar-refractivity contribution is 0.0944. The van der Waals surface area contributed by atoms with Gasteiger partial charge in [-0.2, -0.15) is 16.9 Å². The number of aryl methyl sites for hydroxylation is 1. The molecule has 0 bridgehead atoms. The van der Waals surface area contributed by atoms with Gasteiger partial charge in [0.25, 0.3) is 5.91 Å². The first-order valence-corrected chi connectivity index (χ1v) is 6.51. The molecule has 1 rings (SSSR count). The summed E-state index contributed by atoms with van der Waals surface area (Å²) in [6.07, 6.45) is 3.53. The van der Waals surface area contributed by atoms with Crippen LogP contribution in [0.5, 0.6) is 0 Å². The summed E-state index contributed by atoms with van der Waals surface area (Å²) in [5.74, 6) is -0.155. The average Bonchev–Trinajstić information content (AvgIpc) is 2.66. The van der Waals surface area contributed by atoms with Gasteiger partial charge in [0.05, 0.1) is 11.9 Å². The highest BCUT2D eigenvalue weighted by atomic mass is 32.2. The molecule has 5 nitrogen and oxygen atoms in total. The number of thioether (sulfide) groups is 1. The molecule has 6 heteroatoms. The van der Waals surface area contributed by atoms with Crippen LogP contribution in [0.1, 0.15) is 24.3 Å². The molecule has 1 aromatic heterocycles. The van der Waals surface area contributed by atoms with E-state index in [1.807, 2.05) is 13.2 Å². The molecule has 90 valence electrons. The van der Waals surface area contributed by atoms with E-state index < -0.39 is 0 Å². The second-order valence-corrected chi connectivity index (χ2v) is 4.80. The van der Waals surface area contributed by atoms with Crippen molar-refractivity contribution in [1.82, 2.24) is 15.1 Å². The average molecular weight is 242 g/mol. The van der Waals surface area contributed by atoms with Crippen molar-refractivity contribution in [3.05, 3.63) is 11.9 Å². The molecule has 0 aromatic carbocycles. The summed E-state index contributed by atoms with van der Waals surface area (Å²) in [7, 11) is 0. The lowest BCUT2D eigenvalue weighted by atomic mass is 10.3. The molecule has 0 aliphatic rings. The lowest BCUT2D eigenvalue weighted by Crippen LogP contribution is -2.31. The Kier molecular flexibility index (Phi) is 4.67. The predicted octanol–water partition coefficient (Wildman–Crippen LogP) is 0.966. The van der Waals surface area contributed by atoms with Gasteiger partial charge in [0.1, 0.15) is 5.69 Å². The van der Waals surface area contributed by atoms with Crippen molar-refractivity contribution in [2.24, 2.45) is 0 Å². The second kappa shape index (κ2) is 5.79. The molecule has 1 heterocycles. The van der Waals surface area contributed by atoms with Crippen LogP contribution < -0.4 is 11.1 Å². The number of hydrogen-bond donors (Lipinski definition) is 2. The first-order chi connectivity index (χ1) is 7.60. The van der Waals surface area contributed by atoms with Gasteiger partial charge < -0.3 is 11.1 Å². The molecule has 0 radical (unpaired) electrons. The van der Waals surface area contributed by atoms with Crippen molar-refractivity contribution in [2.45, 2.75) is 25.6 Å². The fraction of sp³-hybridized carbons (Fsp3) is 0.600. The van der Waals surface area contributed by atoms with Crippen LogP contribution >= 0.6 is 11.8 Å². The quantitative estimate of drug-likeness (QED) is 0.807. The third-order valence-corrected chi connectivity index (χ3v) is 3.31. The van der Waals surface area contributed by atoms with E-state index in [0.29, 0.717) is 29.7 Å². The number of carbonyl (C=O) groups is 1. The minimum atomic E-state index is -0.155. The van der Waals surface area contributed by atoms with Gasteiger partial charge in [0, 0.05) is 18.3 Å². The van der Waals surface area contributed by atoms with E-state index in [-0.39, 0.29) is 5.91 Å². The van der Waals surface area contributed by atoms with Gasteiger partial charge in [-0.15, -0.1) is 0 Å². The number of nitrogens with zero attached hydrogens (tertiary/aromatic N) is 2. The maximum Gasteiger partial charge on any atom is 0.271 e. The largest absolute Gasteiger partial charge is 0.396 e. The van der Waals surface area contributed by atoms with Crippen LogP contribution in [0.15, 0.2) is 6.20 Å². The third-order valence-electron chi connectivity index (χ3n) is 2.33. The number of nitrogens with two attached hydrogens (primary N) is 1. The Morgan fingerprint density at radius 2 is 2.44 bits per heavy atom. The Morgan fingerprint density at radius 1 is 1.75 bits per heavy atom. The van der Waals surface area contributed by atoms with Crippen LogP contribution in [0.4, 0.5) is 5.69 Å². The smallest absolute Gasteiger partial charge is 0.271 e. The van der Waals surface area contributed by atoms with Crippen LogP contribution in [0, 0.1) is 0 Å². The monoisotopic (exact) mass is 242 g/mol. The first-order valence-electron chi connectivity index (χ1n) is 5.22. The molecule has 16 heavy (non-hydrogen) atoms. The summed E-state index contributed by atoms with van der Waals surface area (Å²) in [5.41, 5.74) is 6.59. The normalized spacial score (nSPS) is 12.4. The van der Waals surface area contributed by atoms with Gasteiger partial charge >= 0.3 is 0 Å². The Bertz CT molecular complexity index is 364. The number of nitrogen functional groups attached to an aromatic ring is 1. The number of rotatable bonds is 5. The summed E-state index contributed by atoms with van der Waals surface area (Å²) in [4.78, 5) is 11.9. The zero-order valence-electron chi connectivity index (χ0n) is 9.86. The molecule has 0 saturated carbocycles. The molecule has 0 saturated heterocycles. The molecule has 0 fully saturated rings. The number of aromatic nitrogens is 2. The Hall–Kier alpha value is -1.17. The van der Waals surface area contributed by atoms with E-state index >= 15 is 0 Å². The predicted molar refractivity (Wildman–Crippen MR) is 67.6 cm³/mol. The van der Waals surface area contributed by atoms with Crippen molar-refractivity contribution >= 4 is 23.4 Å². The standard InChI is InChI=1S/C10H18N4OS/c1-4-14-9(8(11)6-13-14)10(15)12-5-7(2)16-3/h6-7H,4-5,11H2,1-3H3,(H,12,15). The zero-order valence-corrected chi connectivity index (χ0v) is 10.7. The topological polar surface area (TPSA) is 72.9 Å². The summed E-state index contributed by atoms with van der Waals surface area (Å²) in [5, 5.41) is 7.27. The number of carbonyl (C=O) groups excluding carboxylic acids is 1. The maximum absolute atomic E-state index is 11.9. The highest BCUT2D eigenvalue weighted by molar-refractivity contribution is 7.99. The summed E-state index contributed by atoms with van der Waals surface area (Å²) in [6, 6.07) is 0. The van der Waals surface area contributed by atoms with Crippen LogP contribution in [-0.2, 0) is 6.54 Å². The summed E-state index contributed by atoms with van der Waals surface area (Å²) in [6.45, 7) is 5.26. The summed E-state index contributed by atoms with van der Waals surface area (Å²) < 4.78 is 1.61. The highest BCUT2D eigenvalue weighted by Gasteiger charge is 2.16. The minimum absolute atomic E-state index is 0.155. The summed E-state index contributed by atoms with van der Waals surface area (Å²) >= 11 is 1.71. The third kappa shape index (κ3) is 2.91. The molecule has 0 aliphatic heterocycles. The van der Waals surface area contributed by atoms with E-state index in [4.69, 9.17) is 5.73 Å². The van der Waals surface area contributed by atoms with Crippen LogP contribution in [-0.4, -0.2) is 33.7 Å². The van der Waals surface area contributed by atoms with Crippen molar-refractivity contribution < 1.29 is 4.79 Å². The molecular formula is C10H18N4OS. The fourth-order valence-corrected chi connectivity index (χ4v) is 1.54. The number of anilines is 1. The zero-order chi connectivity index (χ0) is 12.1. The second-order valence-electron chi connectivity index (χ2n) is 3.52. The van der Waals surface area contributed by atoms with E-state index in [2.05, 4.69) is 17.3 Å². The number of amides is 1. The Labute approximate surface area is 99.8 Å². The lowest BCUT2D eigenvalue weighted by Gasteiger charge is -2.11. The van der Waals surface area contributed by atoms with Gasteiger partial charge in [-0.25, -0.2) is 0 Å². The van der Waals surface area contributed by atoms with E-state index in [9.17, 15) is 4.79 Å². The van der Waals surface area contributed by atoms with Gasteiger partial charge in [-0.3, -0.25) is 9.48 Å². The Morgan fingerprint density at radius 3 is 3.00 bits per heavy atom. The number of hydrogen-bond acceptors (Lipinski definition) is 4.